The quantitative estimate of drug-likeness (QED) is 0.591. The van der Waals surface area contributed by atoms with E-state index in [1.807, 2.05) is 7.11 Å². The Morgan fingerprint density at radius 3 is 2.15 bits per heavy atom. The first-order valence-electron chi connectivity index (χ1n) is 5.20. The van der Waals surface area contributed by atoms with Gasteiger partial charge in [0.25, 0.3) is 0 Å². The number of rotatable bonds is 6. The molecule has 1 unspecified atom stereocenters. The van der Waals surface area contributed by atoms with E-state index in [1.54, 1.807) is 0 Å². The average molecular weight is 204 g/mol. The second kappa shape index (κ2) is 5.98. The van der Waals surface area contributed by atoms with Crippen molar-refractivity contribution in [1.29, 1.82) is 0 Å². The van der Waals surface area contributed by atoms with Crippen molar-refractivity contribution in [1.82, 2.24) is 0 Å². The summed E-state index contributed by atoms with van der Waals surface area (Å²) in [7, 11) is 1.67. The van der Waals surface area contributed by atoms with E-state index in [4.69, 9.17) is 4.52 Å². The third kappa shape index (κ3) is 6.46. The van der Waals surface area contributed by atoms with Gasteiger partial charge in [0, 0.05) is 15.3 Å². The fraction of sp³-hybridized carbons (Fsp3) is 1.00. The smallest absolute Gasteiger partial charge is 0.0398 e. The van der Waals surface area contributed by atoms with Crippen LogP contribution in [0.1, 0.15) is 41.0 Å². The Kier molecular flexibility index (Phi) is 6.16. The standard InChI is InChI=1S/C11H25OP/c1-7-13(12-6)9-11(4,5)8-10(2)3/h10H,7-9H2,1-6H3. The predicted octanol–water partition coefficient (Wildman–Crippen LogP) is 4.12. The lowest BCUT2D eigenvalue weighted by atomic mass is 9.86. The van der Waals surface area contributed by atoms with E-state index in [9.17, 15) is 0 Å². The van der Waals surface area contributed by atoms with Crippen molar-refractivity contribution in [3.05, 3.63) is 0 Å². The summed E-state index contributed by atoms with van der Waals surface area (Å²) in [6.07, 6.45) is 3.73. The monoisotopic (exact) mass is 204 g/mol. The summed E-state index contributed by atoms with van der Waals surface area (Å²) in [5, 5.41) is 0. The molecule has 1 nitrogen and oxygen atoms in total. The summed E-state index contributed by atoms with van der Waals surface area (Å²) in [6.45, 7) is 11.5. The Labute approximate surface area is 85.1 Å². The Morgan fingerprint density at radius 1 is 1.31 bits per heavy atom. The van der Waals surface area contributed by atoms with Gasteiger partial charge in [0.1, 0.15) is 0 Å². The van der Waals surface area contributed by atoms with Gasteiger partial charge in [0.15, 0.2) is 0 Å². The summed E-state index contributed by atoms with van der Waals surface area (Å²) < 4.78 is 5.48. The van der Waals surface area contributed by atoms with Crippen LogP contribution in [0.5, 0.6) is 0 Å². The minimum Gasteiger partial charge on any atom is -0.362 e. The zero-order valence-corrected chi connectivity index (χ0v) is 10.9. The average Bonchev–Trinajstić information content (AvgIpc) is 1.97. The molecule has 0 N–H and O–H groups in total. The van der Waals surface area contributed by atoms with E-state index in [-0.39, 0.29) is 8.15 Å². The molecule has 0 spiro atoms. The van der Waals surface area contributed by atoms with Gasteiger partial charge < -0.3 is 4.52 Å². The van der Waals surface area contributed by atoms with Crippen molar-refractivity contribution in [3.63, 3.8) is 0 Å². The Hall–Kier alpha value is 0.390. The Bertz CT molecular complexity index is 128. The third-order valence-electron chi connectivity index (χ3n) is 2.18. The fourth-order valence-electron chi connectivity index (χ4n) is 1.95. The summed E-state index contributed by atoms with van der Waals surface area (Å²) in [4.78, 5) is 0. The molecule has 0 aliphatic carbocycles. The van der Waals surface area contributed by atoms with Crippen molar-refractivity contribution in [2.45, 2.75) is 41.0 Å². The predicted molar refractivity (Wildman–Crippen MR) is 62.6 cm³/mol. The van der Waals surface area contributed by atoms with Crippen LogP contribution in [0.2, 0.25) is 0 Å². The molecule has 1 atom stereocenters. The van der Waals surface area contributed by atoms with Gasteiger partial charge in [0.2, 0.25) is 0 Å². The summed E-state index contributed by atoms with van der Waals surface area (Å²) >= 11 is 0. The highest BCUT2D eigenvalue weighted by Gasteiger charge is 2.23. The van der Waals surface area contributed by atoms with Gasteiger partial charge in [-0.2, -0.15) is 0 Å². The molecule has 2 heteroatoms. The molecule has 0 fully saturated rings. The highest BCUT2D eigenvalue weighted by Crippen LogP contribution is 2.43. The lowest BCUT2D eigenvalue weighted by Crippen LogP contribution is -2.19. The molecule has 0 aromatic carbocycles. The van der Waals surface area contributed by atoms with E-state index >= 15 is 0 Å². The first kappa shape index (κ1) is 13.4. The van der Waals surface area contributed by atoms with E-state index in [2.05, 4.69) is 34.6 Å². The maximum absolute atomic E-state index is 5.48. The molecule has 0 aliphatic heterocycles. The topological polar surface area (TPSA) is 9.23 Å². The zero-order valence-electron chi connectivity index (χ0n) is 10.1. The van der Waals surface area contributed by atoms with Crippen LogP contribution >= 0.6 is 8.15 Å². The molecule has 0 rings (SSSR count). The summed E-state index contributed by atoms with van der Waals surface area (Å²) in [6, 6.07) is 0. The van der Waals surface area contributed by atoms with Gasteiger partial charge in [-0.05, 0) is 30.1 Å². The Morgan fingerprint density at radius 2 is 1.85 bits per heavy atom. The normalized spacial score (nSPS) is 15.0. The highest BCUT2D eigenvalue weighted by molar-refractivity contribution is 7.52. The van der Waals surface area contributed by atoms with Gasteiger partial charge in [-0.3, -0.25) is 0 Å². The number of hydrogen-bond acceptors (Lipinski definition) is 1. The molecular weight excluding hydrogens is 179 g/mol. The summed E-state index contributed by atoms with van der Waals surface area (Å²) in [5.74, 6) is 0.792. The first-order valence-corrected chi connectivity index (χ1v) is 6.83. The van der Waals surface area contributed by atoms with Gasteiger partial charge >= 0.3 is 0 Å². The van der Waals surface area contributed by atoms with Gasteiger partial charge in [-0.15, -0.1) is 0 Å². The van der Waals surface area contributed by atoms with Crippen LogP contribution in [-0.4, -0.2) is 19.4 Å². The molecule has 80 valence electrons. The molecule has 0 bridgehead atoms. The molecular formula is C11H25OP. The fourth-order valence-corrected chi connectivity index (χ4v) is 3.65. The van der Waals surface area contributed by atoms with Crippen molar-refractivity contribution < 1.29 is 4.52 Å². The van der Waals surface area contributed by atoms with E-state index in [1.165, 1.54) is 18.7 Å². The molecule has 0 aromatic rings. The van der Waals surface area contributed by atoms with Crippen LogP contribution in [0.15, 0.2) is 0 Å². The van der Waals surface area contributed by atoms with Crippen LogP contribution in [0.3, 0.4) is 0 Å². The van der Waals surface area contributed by atoms with E-state index in [0.29, 0.717) is 5.41 Å². The molecule has 0 saturated heterocycles. The maximum atomic E-state index is 5.48. The maximum Gasteiger partial charge on any atom is 0.0398 e. The summed E-state index contributed by atoms with van der Waals surface area (Å²) in [5.41, 5.74) is 0.450. The molecule has 0 aliphatic rings. The third-order valence-corrected chi connectivity index (χ3v) is 4.61. The zero-order chi connectivity index (χ0) is 10.5. The van der Waals surface area contributed by atoms with Crippen LogP contribution in [0.4, 0.5) is 0 Å². The van der Waals surface area contributed by atoms with Crippen LogP contribution in [-0.2, 0) is 4.52 Å². The van der Waals surface area contributed by atoms with Crippen molar-refractivity contribution in [2.75, 3.05) is 19.4 Å². The minimum atomic E-state index is -0.175. The van der Waals surface area contributed by atoms with Gasteiger partial charge in [-0.25, -0.2) is 0 Å². The molecule has 0 aromatic heterocycles. The lowest BCUT2D eigenvalue weighted by Gasteiger charge is -2.30. The van der Waals surface area contributed by atoms with Gasteiger partial charge in [-0.1, -0.05) is 34.6 Å². The van der Waals surface area contributed by atoms with Crippen LogP contribution < -0.4 is 0 Å². The molecule has 13 heavy (non-hydrogen) atoms. The molecule has 0 heterocycles. The van der Waals surface area contributed by atoms with E-state index < -0.39 is 0 Å². The second-order valence-corrected chi connectivity index (χ2v) is 7.18. The van der Waals surface area contributed by atoms with Crippen LogP contribution in [0.25, 0.3) is 0 Å². The van der Waals surface area contributed by atoms with Crippen molar-refractivity contribution in [2.24, 2.45) is 11.3 Å². The van der Waals surface area contributed by atoms with Gasteiger partial charge in [0.05, 0.1) is 0 Å². The SMILES string of the molecule is CCP(CC(C)(C)CC(C)C)OC. The largest absolute Gasteiger partial charge is 0.362 e. The minimum absolute atomic E-state index is 0.175. The number of hydrogen-bond donors (Lipinski definition) is 0. The highest BCUT2D eigenvalue weighted by atomic mass is 31.1. The van der Waals surface area contributed by atoms with Crippen molar-refractivity contribution in [3.8, 4) is 0 Å². The van der Waals surface area contributed by atoms with Crippen LogP contribution in [0, 0.1) is 11.3 Å². The first-order chi connectivity index (χ1) is 5.91. The van der Waals surface area contributed by atoms with Crippen molar-refractivity contribution >= 4 is 8.15 Å². The molecule has 0 amide bonds. The van der Waals surface area contributed by atoms with E-state index in [0.717, 1.165) is 5.92 Å². The molecule has 0 radical (unpaired) electrons. The Balaban J connectivity index is 3.98. The second-order valence-electron chi connectivity index (χ2n) is 4.90. The lowest BCUT2D eigenvalue weighted by molar-refractivity contribution is 0.316. The molecule has 0 saturated carbocycles.